The molecule has 0 N–H and O–H groups in total. The minimum Gasteiger partial charge on any atom is -0.379 e. The molecule has 0 spiro atoms. The molecular formula is C39H70O4. The molecular weight excluding hydrogens is 532 g/mol. The monoisotopic (exact) mass is 603 g/mol. The first-order valence-electron chi connectivity index (χ1n) is 18.5. The zero-order chi connectivity index (χ0) is 31.1. The minimum atomic E-state index is 0.327. The molecule has 3 saturated carbocycles. The number of hydrogen-bond donors (Lipinski definition) is 0. The lowest BCUT2D eigenvalue weighted by Gasteiger charge is -2.58. The van der Waals surface area contributed by atoms with Crippen molar-refractivity contribution in [3.05, 3.63) is 11.6 Å². The van der Waals surface area contributed by atoms with E-state index in [-0.39, 0.29) is 0 Å². The van der Waals surface area contributed by atoms with E-state index in [2.05, 4.69) is 61.5 Å². The Hall–Kier alpha value is -0.420. The van der Waals surface area contributed by atoms with Gasteiger partial charge in [0.05, 0.1) is 45.7 Å². The Morgan fingerprint density at radius 1 is 0.791 bits per heavy atom. The zero-order valence-corrected chi connectivity index (χ0v) is 29.7. The Labute approximate surface area is 266 Å². The molecule has 0 amide bonds. The van der Waals surface area contributed by atoms with Gasteiger partial charge >= 0.3 is 0 Å². The van der Waals surface area contributed by atoms with Crippen molar-refractivity contribution in [3.63, 3.8) is 0 Å². The minimum absolute atomic E-state index is 0.327. The van der Waals surface area contributed by atoms with Crippen LogP contribution in [0.3, 0.4) is 0 Å². The van der Waals surface area contributed by atoms with Crippen LogP contribution in [-0.4, -0.2) is 52.4 Å². The first-order chi connectivity index (χ1) is 20.4. The zero-order valence-electron chi connectivity index (χ0n) is 29.7. The van der Waals surface area contributed by atoms with Crippen molar-refractivity contribution in [2.24, 2.45) is 51.8 Å². The second kappa shape index (κ2) is 15.9. The average molecular weight is 603 g/mol. The molecule has 6 unspecified atom stereocenters. The molecule has 0 radical (unpaired) electrons. The summed E-state index contributed by atoms with van der Waals surface area (Å²) in [5.41, 5.74) is 3.03. The van der Waals surface area contributed by atoms with Gasteiger partial charge in [-0.25, -0.2) is 0 Å². The molecule has 4 heteroatoms. The summed E-state index contributed by atoms with van der Waals surface area (Å²) in [6, 6.07) is 0. The number of fused-ring (bicyclic) bond motifs is 5. The molecule has 8 atom stereocenters. The summed E-state index contributed by atoms with van der Waals surface area (Å²) in [6.07, 6.45) is 19.2. The molecule has 0 aromatic rings. The fourth-order valence-corrected chi connectivity index (χ4v) is 9.99. The van der Waals surface area contributed by atoms with Gasteiger partial charge in [0.25, 0.3) is 0 Å². The SMILES string of the molecule is CC(C)CCCC(C)[C@H]1CCC2C3CC=C4C[C@@H](OCCOCCOCCOCCC(C)(C)C)CCC4(C)C3CCC21C. The molecule has 0 heterocycles. The maximum absolute atomic E-state index is 6.36. The van der Waals surface area contributed by atoms with Crippen molar-refractivity contribution in [3.8, 4) is 0 Å². The molecule has 3 fully saturated rings. The molecule has 0 saturated heterocycles. The van der Waals surface area contributed by atoms with Gasteiger partial charge in [-0.1, -0.05) is 86.3 Å². The number of ether oxygens (including phenoxy) is 4. The molecule has 0 bridgehead atoms. The second-order valence-corrected chi connectivity index (χ2v) is 17.2. The Morgan fingerprint density at radius 2 is 1.47 bits per heavy atom. The summed E-state index contributed by atoms with van der Waals surface area (Å²) >= 11 is 0. The van der Waals surface area contributed by atoms with Crippen LogP contribution in [0.4, 0.5) is 0 Å². The Kier molecular flexibility index (Phi) is 13.1. The lowest BCUT2D eigenvalue weighted by Crippen LogP contribution is -2.51. The third kappa shape index (κ3) is 9.32. The average Bonchev–Trinajstić information content (AvgIpc) is 3.30. The van der Waals surface area contributed by atoms with Crippen molar-refractivity contribution < 1.29 is 18.9 Å². The van der Waals surface area contributed by atoms with E-state index in [0.717, 1.165) is 55.0 Å². The van der Waals surface area contributed by atoms with E-state index >= 15 is 0 Å². The van der Waals surface area contributed by atoms with Crippen LogP contribution in [0.2, 0.25) is 0 Å². The van der Waals surface area contributed by atoms with E-state index in [0.29, 0.717) is 62.0 Å². The smallest absolute Gasteiger partial charge is 0.0704 e. The molecule has 4 nitrogen and oxygen atoms in total. The Bertz CT molecular complexity index is 860. The van der Waals surface area contributed by atoms with Crippen LogP contribution in [0.1, 0.15) is 132 Å². The van der Waals surface area contributed by atoms with Crippen LogP contribution in [0.5, 0.6) is 0 Å². The molecule has 4 aliphatic rings. The van der Waals surface area contributed by atoms with E-state index in [1.54, 1.807) is 5.57 Å². The number of allylic oxidation sites excluding steroid dienone is 1. The lowest BCUT2D eigenvalue weighted by atomic mass is 9.47. The third-order valence-corrected chi connectivity index (χ3v) is 12.6. The van der Waals surface area contributed by atoms with E-state index in [9.17, 15) is 0 Å². The summed E-state index contributed by atoms with van der Waals surface area (Å²) in [5.74, 6) is 5.41. The van der Waals surface area contributed by atoms with Gasteiger partial charge in [0.15, 0.2) is 0 Å². The van der Waals surface area contributed by atoms with Gasteiger partial charge in [0.1, 0.15) is 0 Å². The summed E-state index contributed by atoms with van der Waals surface area (Å²) in [7, 11) is 0. The fourth-order valence-electron chi connectivity index (χ4n) is 9.99. The fraction of sp³-hybridized carbons (Fsp3) is 0.949. The first kappa shape index (κ1) is 35.4. The molecule has 0 aromatic carbocycles. The lowest BCUT2D eigenvalue weighted by molar-refractivity contribution is -0.0691. The van der Waals surface area contributed by atoms with Crippen LogP contribution in [0.25, 0.3) is 0 Å². The third-order valence-electron chi connectivity index (χ3n) is 12.6. The van der Waals surface area contributed by atoms with Crippen molar-refractivity contribution in [1.29, 1.82) is 0 Å². The van der Waals surface area contributed by atoms with Crippen molar-refractivity contribution >= 4 is 0 Å². The van der Waals surface area contributed by atoms with Crippen molar-refractivity contribution in [1.82, 2.24) is 0 Å². The molecule has 4 rings (SSSR count). The van der Waals surface area contributed by atoms with Crippen LogP contribution in [0, 0.1) is 51.8 Å². The van der Waals surface area contributed by atoms with Gasteiger partial charge in [0, 0.05) is 6.61 Å². The maximum atomic E-state index is 6.36. The van der Waals surface area contributed by atoms with E-state index in [1.807, 2.05) is 0 Å². The quantitative estimate of drug-likeness (QED) is 0.123. The largest absolute Gasteiger partial charge is 0.379 e. The number of hydrogen-bond acceptors (Lipinski definition) is 4. The van der Waals surface area contributed by atoms with Gasteiger partial charge in [-0.3, -0.25) is 0 Å². The highest BCUT2D eigenvalue weighted by atomic mass is 16.6. The van der Waals surface area contributed by atoms with Crippen LogP contribution in [-0.2, 0) is 18.9 Å². The van der Waals surface area contributed by atoms with Crippen LogP contribution < -0.4 is 0 Å². The van der Waals surface area contributed by atoms with Gasteiger partial charge in [-0.05, 0) is 110 Å². The van der Waals surface area contributed by atoms with Gasteiger partial charge in [-0.2, -0.15) is 0 Å². The summed E-state index contributed by atoms with van der Waals surface area (Å²) < 4.78 is 23.5. The summed E-state index contributed by atoms with van der Waals surface area (Å²) in [6.45, 7) is 24.1. The predicted octanol–water partition coefficient (Wildman–Crippen LogP) is 9.90. The molecule has 4 aliphatic carbocycles. The number of rotatable bonds is 17. The van der Waals surface area contributed by atoms with Gasteiger partial charge < -0.3 is 18.9 Å². The van der Waals surface area contributed by atoms with E-state index in [1.165, 1.54) is 64.2 Å². The van der Waals surface area contributed by atoms with Crippen LogP contribution in [0.15, 0.2) is 11.6 Å². The Morgan fingerprint density at radius 3 is 2.14 bits per heavy atom. The van der Waals surface area contributed by atoms with E-state index in [4.69, 9.17) is 18.9 Å². The van der Waals surface area contributed by atoms with Crippen LogP contribution >= 0.6 is 0 Å². The predicted molar refractivity (Wildman–Crippen MR) is 179 cm³/mol. The van der Waals surface area contributed by atoms with Gasteiger partial charge in [-0.15, -0.1) is 0 Å². The topological polar surface area (TPSA) is 36.9 Å². The van der Waals surface area contributed by atoms with E-state index < -0.39 is 0 Å². The standard InChI is InChI=1S/C39H70O4/c1-29(2)10-9-11-30(3)34-14-15-35-33-13-12-31-28-32(16-18-38(31,7)36(33)17-19-39(34,35)8)43-27-26-42-25-24-41-23-22-40-21-20-37(4,5)6/h12,29-30,32-36H,9-11,13-28H2,1-8H3/t30?,32-,33?,34+,35?,36?,38?,39?/m0/s1. The Balaban J connectivity index is 1.15. The molecule has 250 valence electrons. The normalized spacial score (nSPS) is 34.9. The van der Waals surface area contributed by atoms with Crippen molar-refractivity contribution in [2.45, 2.75) is 139 Å². The van der Waals surface area contributed by atoms with Gasteiger partial charge in [0.2, 0.25) is 0 Å². The summed E-state index contributed by atoms with van der Waals surface area (Å²) in [5, 5.41) is 0. The highest BCUT2D eigenvalue weighted by Gasteiger charge is 2.59. The first-order valence-corrected chi connectivity index (χ1v) is 18.5. The highest BCUT2D eigenvalue weighted by Crippen LogP contribution is 2.67. The molecule has 0 aliphatic heterocycles. The molecule has 43 heavy (non-hydrogen) atoms. The maximum Gasteiger partial charge on any atom is 0.0704 e. The molecule has 0 aromatic heterocycles. The summed E-state index contributed by atoms with van der Waals surface area (Å²) in [4.78, 5) is 0. The highest BCUT2D eigenvalue weighted by molar-refractivity contribution is 5.25. The second-order valence-electron chi connectivity index (χ2n) is 17.2. The van der Waals surface area contributed by atoms with Crippen molar-refractivity contribution in [2.75, 3.05) is 46.2 Å².